The number of aryl methyl sites for hydroxylation is 1. The first-order valence-electron chi connectivity index (χ1n) is 10.9. The molecule has 0 radical (unpaired) electrons. The lowest BCUT2D eigenvalue weighted by molar-refractivity contribution is 0.103. The zero-order chi connectivity index (χ0) is 23.2. The lowest BCUT2D eigenvalue weighted by Gasteiger charge is -2.05. The average Bonchev–Trinajstić information content (AvgIpc) is 3.23. The number of furan rings is 1. The number of carbonyl (C=O) groups is 1. The maximum absolute atomic E-state index is 13.5. The number of carbonyl (C=O) groups excluding carboxylic acids is 1. The highest BCUT2D eigenvalue weighted by Gasteiger charge is 2.22. The molecule has 5 heteroatoms. The first-order valence-corrected chi connectivity index (χ1v) is 10.9. The fourth-order valence-corrected chi connectivity index (χ4v) is 3.66. The van der Waals surface area contributed by atoms with Gasteiger partial charge in [-0.25, -0.2) is 0 Å². The van der Waals surface area contributed by atoms with Crippen molar-refractivity contribution >= 4 is 28.7 Å². The van der Waals surface area contributed by atoms with E-state index in [0.29, 0.717) is 40.2 Å². The minimum absolute atomic E-state index is 0.0734. The second kappa shape index (κ2) is 9.97. The number of ether oxygens (including phenoxy) is 1. The molecule has 4 aromatic rings. The van der Waals surface area contributed by atoms with Crippen LogP contribution in [-0.4, -0.2) is 19.1 Å². The molecule has 0 saturated heterocycles. The summed E-state index contributed by atoms with van der Waals surface area (Å²) in [7, 11) is 1.60. The Morgan fingerprint density at radius 2 is 1.85 bits per heavy atom. The van der Waals surface area contributed by atoms with Crippen LogP contribution >= 0.6 is 0 Å². The van der Waals surface area contributed by atoms with E-state index in [1.54, 1.807) is 49.7 Å². The third-order valence-corrected chi connectivity index (χ3v) is 5.48. The van der Waals surface area contributed by atoms with E-state index in [4.69, 9.17) is 14.4 Å². The standard InChI is InChI=1S/C28H24N2O3/c1-3-4-5-26-27(28(31)21-10-13-23(32-2)14-11-21)24-16-22(12-15-25(24)33-26)30-18-20-8-6-19(17-29)7-9-20/h6-16,18H,3-5H2,1-2H3. The molecule has 3 aromatic carbocycles. The first kappa shape index (κ1) is 22.0. The number of unbranched alkanes of at least 4 members (excludes halogenated alkanes) is 1. The Kier molecular flexibility index (Phi) is 6.66. The lowest BCUT2D eigenvalue weighted by Crippen LogP contribution is -2.04. The Morgan fingerprint density at radius 1 is 1.09 bits per heavy atom. The zero-order valence-corrected chi connectivity index (χ0v) is 18.7. The van der Waals surface area contributed by atoms with Crippen molar-refractivity contribution in [3.63, 3.8) is 0 Å². The van der Waals surface area contributed by atoms with Gasteiger partial charge in [-0.05, 0) is 66.6 Å². The normalized spacial score (nSPS) is 11.1. The molecule has 33 heavy (non-hydrogen) atoms. The van der Waals surface area contributed by atoms with Crippen LogP contribution in [0.1, 0.15) is 52.6 Å². The van der Waals surface area contributed by atoms with Crippen LogP contribution in [0, 0.1) is 11.3 Å². The average molecular weight is 437 g/mol. The van der Waals surface area contributed by atoms with Gasteiger partial charge >= 0.3 is 0 Å². The van der Waals surface area contributed by atoms with Crippen LogP contribution in [0.3, 0.4) is 0 Å². The quantitative estimate of drug-likeness (QED) is 0.229. The van der Waals surface area contributed by atoms with E-state index in [0.717, 1.165) is 29.5 Å². The number of methoxy groups -OCH3 is 1. The summed E-state index contributed by atoms with van der Waals surface area (Å²) in [4.78, 5) is 18.1. The SMILES string of the molecule is CCCCc1oc2ccc(N=Cc3ccc(C#N)cc3)cc2c1C(=O)c1ccc(OC)cc1. The number of fused-ring (bicyclic) bond motifs is 1. The fraction of sp³-hybridized carbons (Fsp3) is 0.179. The largest absolute Gasteiger partial charge is 0.497 e. The van der Waals surface area contributed by atoms with E-state index >= 15 is 0 Å². The molecule has 1 aromatic heterocycles. The van der Waals surface area contributed by atoms with Gasteiger partial charge in [0.2, 0.25) is 0 Å². The molecule has 0 N–H and O–H groups in total. The van der Waals surface area contributed by atoms with Gasteiger partial charge in [-0.2, -0.15) is 5.26 Å². The van der Waals surface area contributed by atoms with Gasteiger partial charge in [-0.1, -0.05) is 25.5 Å². The molecule has 0 aliphatic heterocycles. The van der Waals surface area contributed by atoms with Gasteiger partial charge in [0, 0.05) is 23.6 Å². The van der Waals surface area contributed by atoms with E-state index < -0.39 is 0 Å². The molecule has 0 fully saturated rings. The summed E-state index contributed by atoms with van der Waals surface area (Å²) in [5.74, 6) is 1.34. The fourth-order valence-electron chi connectivity index (χ4n) is 3.66. The van der Waals surface area contributed by atoms with Gasteiger partial charge in [-0.3, -0.25) is 9.79 Å². The predicted molar refractivity (Wildman–Crippen MR) is 130 cm³/mol. The Morgan fingerprint density at radius 3 is 2.52 bits per heavy atom. The molecular weight excluding hydrogens is 412 g/mol. The van der Waals surface area contributed by atoms with Crippen LogP contribution < -0.4 is 4.74 Å². The highest BCUT2D eigenvalue weighted by atomic mass is 16.5. The van der Waals surface area contributed by atoms with Crippen molar-refractivity contribution in [3.05, 3.63) is 94.7 Å². The first-order chi connectivity index (χ1) is 16.1. The van der Waals surface area contributed by atoms with Gasteiger partial charge in [0.05, 0.1) is 30.0 Å². The van der Waals surface area contributed by atoms with Crippen molar-refractivity contribution in [3.8, 4) is 11.8 Å². The van der Waals surface area contributed by atoms with E-state index in [1.165, 1.54) is 0 Å². The molecule has 0 bridgehead atoms. The second-order valence-corrected chi connectivity index (χ2v) is 7.73. The van der Waals surface area contributed by atoms with Crippen molar-refractivity contribution in [1.82, 2.24) is 0 Å². The number of aliphatic imine (C=N–C) groups is 1. The molecular formula is C28H24N2O3. The molecule has 0 aliphatic carbocycles. The van der Waals surface area contributed by atoms with Crippen LogP contribution in [0.15, 0.2) is 76.1 Å². The van der Waals surface area contributed by atoms with Crippen LogP contribution in [0.5, 0.6) is 5.75 Å². The van der Waals surface area contributed by atoms with Crippen molar-refractivity contribution in [1.29, 1.82) is 5.26 Å². The van der Waals surface area contributed by atoms with Gasteiger partial charge in [0.1, 0.15) is 17.1 Å². The molecule has 0 saturated carbocycles. The van der Waals surface area contributed by atoms with Crippen LogP contribution in [0.25, 0.3) is 11.0 Å². The van der Waals surface area contributed by atoms with E-state index in [1.807, 2.05) is 30.3 Å². The summed E-state index contributed by atoms with van der Waals surface area (Å²) in [6.07, 6.45) is 4.39. The van der Waals surface area contributed by atoms with Crippen molar-refractivity contribution < 1.29 is 13.9 Å². The summed E-state index contributed by atoms with van der Waals surface area (Å²) >= 11 is 0. The number of rotatable bonds is 8. The maximum Gasteiger partial charge on any atom is 0.197 e. The Labute approximate surface area is 193 Å². The third kappa shape index (κ3) is 4.86. The van der Waals surface area contributed by atoms with Crippen LogP contribution in [0.4, 0.5) is 5.69 Å². The molecule has 0 unspecified atom stereocenters. The van der Waals surface area contributed by atoms with E-state index in [9.17, 15) is 4.79 Å². The molecule has 0 aliphatic rings. The second-order valence-electron chi connectivity index (χ2n) is 7.73. The highest BCUT2D eigenvalue weighted by molar-refractivity contribution is 6.17. The van der Waals surface area contributed by atoms with Gasteiger partial charge in [0.15, 0.2) is 5.78 Å². The molecule has 0 spiro atoms. The molecule has 4 rings (SSSR count). The number of nitriles is 1. The summed E-state index contributed by atoms with van der Waals surface area (Å²) in [5.41, 5.74) is 4.07. The predicted octanol–water partition coefficient (Wildman–Crippen LogP) is 6.64. The molecule has 0 atom stereocenters. The summed E-state index contributed by atoms with van der Waals surface area (Å²) < 4.78 is 11.3. The minimum atomic E-state index is -0.0734. The monoisotopic (exact) mass is 436 g/mol. The number of nitrogens with zero attached hydrogens (tertiary/aromatic N) is 2. The maximum atomic E-state index is 13.5. The molecule has 5 nitrogen and oxygen atoms in total. The number of ketones is 1. The molecule has 164 valence electrons. The Hall–Kier alpha value is -4.17. The Balaban J connectivity index is 1.73. The minimum Gasteiger partial charge on any atom is -0.497 e. The topological polar surface area (TPSA) is 75.6 Å². The summed E-state index contributed by atoms with van der Waals surface area (Å²) in [5, 5.41) is 9.71. The third-order valence-electron chi connectivity index (χ3n) is 5.48. The number of benzene rings is 3. The van der Waals surface area contributed by atoms with Crippen LogP contribution in [0.2, 0.25) is 0 Å². The molecule has 0 amide bonds. The highest BCUT2D eigenvalue weighted by Crippen LogP contribution is 2.32. The smallest absolute Gasteiger partial charge is 0.197 e. The molecule has 1 heterocycles. The number of hydrogen-bond donors (Lipinski definition) is 0. The van der Waals surface area contributed by atoms with Crippen molar-refractivity contribution in [2.45, 2.75) is 26.2 Å². The summed E-state index contributed by atoms with van der Waals surface area (Å²) in [6, 6.07) is 22.1. The number of hydrogen-bond acceptors (Lipinski definition) is 5. The van der Waals surface area contributed by atoms with Crippen LogP contribution in [-0.2, 0) is 6.42 Å². The van der Waals surface area contributed by atoms with Gasteiger partial charge < -0.3 is 9.15 Å². The Bertz CT molecular complexity index is 1340. The lowest BCUT2D eigenvalue weighted by atomic mass is 9.98. The van der Waals surface area contributed by atoms with Crippen molar-refractivity contribution in [2.75, 3.05) is 7.11 Å². The van der Waals surface area contributed by atoms with E-state index in [2.05, 4.69) is 18.0 Å². The van der Waals surface area contributed by atoms with Crippen molar-refractivity contribution in [2.24, 2.45) is 4.99 Å². The van der Waals surface area contributed by atoms with Gasteiger partial charge in [-0.15, -0.1) is 0 Å². The summed E-state index contributed by atoms with van der Waals surface area (Å²) in [6.45, 7) is 2.11. The van der Waals surface area contributed by atoms with Gasteiger partial charge in [0.25, 0.3) is 0 Å². The zero-order valence-electron chi connectivity index (χ0n) is 18.7. The van der Waals surface area contributed by atoms with E-state index in [-0.39, 0.29) is 5.78 Å².